The molecule has 3 rings (SSSR count). The summed E-state index contributed by atoms with van der Waals surface area (Å²) in [4.78, 5) is 0. The first-order valence-corrected chi connectivity index (χ1v) is 5.69. The summed E-state index contributed by atoms with van der Waals surface area (Å²) in [5, 5.41) is 0. The Morgan fingerprint density at radius 1 is 0.812 bits per heavy atom. The Hall–Kier alpha value is -1.82. The van der Waals surface area contributed by atoms with Crippen LogP contribution in [0, 0.1) is 6.92 Å². The second-order valence-corrected chi connectivity index (χ2v) is 4.32. The third kappa shape index (κ3) is 1.38. The molecule has 2 aromatic carbocycles. The van der Waals surface area contributed by atoms with Crippen LogP contribution in [0.3, 0.4) is 0 Å². The molecule has 0 aliphatic heterocycles. The van der Waals surface area contributed by atoms with E-state index in [-0.39, 0.29) is 0 Å². The second-order valence-electron chi connectivity index (χ2n) is 4.32. The van der Waals surface area contributed by atoms with Crippen LogP contribution < -0.4 is 0 Å². The van der Waals surface area contributed by atoms with Crippen molar-refractivity contribution in [2.24, 2.45) is 0 Å². The SMILES string of the molecule is Cc1ccccc1C1C=Cc2ccccc21. The van der Waals surface area contributed by atoms with E-state index in [4.69, 9.17) is 0 Å². The molecule has 2 aromatic rings. The average Bonchev–Trinajstić information content (AvgIpc) is 2.74. The van der Waals surface area contributed by atoms with Gasteiger partial charge in [-0.3, -0.25) is 0 Å². The van der Waals surface area contributed by atoms with Crippen molar-refractivity contribution < 1.29 is 0 Å². The van der Waals surface area contributed by atoms with Crippen LogP contribution in [0.25, 0.3) is 6.08 Å². The van der Waals surface area contributed by atoms with Crippen molar-refractivity contribution in [1.29, 1.82) is 0 Å². The average molecular weight is 206 g/mol. The first-order chi connectivity index (χ1) is 7.86. The molecule has 0 aromatic heterocycles. The van der Waals surface area contributed by atoms with Crippen LogP contribution >= 0.6 is 0 Å². The van der Waals surface area contributed by atoms with Crippen molar-refractivity contribution in [3.63, 3.8) is 0 Å². The lowest BCUT2D eigenvalue weighted by molar-refractivity contribution is 1.03. The quantitative estimate of drug-likeness (QED) is 0.657. The van der Waals surface area contributed by atoms with Gasteiger partial charge in [0.25, 0.3) is 0 Å². The Bertz CT molecular complexity index is 549. The summed E-state index contributed by atoms with van der Waals surface area (Å²) >= 11 is 0. The highest BCUT2D eigenvalue weighted by Crippen LogP contribution is 2.36. The van der Waals surface area contributed by atoms with Crippen LogP contribution in [-0.2, 0) is 0 Å². The maximum absolute atomic E-state index is 2.30. The van der Waals surface area contributed by atoms with Crippen LogP contribution in [0.5, 0.6) is 0 Å². The van der Waals surface area contributed by atoms with Crippen molar-refractivity contribution in [2.75, 3.05) is 0 Å². The molecule has 0 heteroatoms. The Kier molecular flexibility index (Phi) is 2.14. The summed E-state index contributed by atoms with van der Waals surface area (Å²) in [5.74, 6) is 0.442. The van der Waals surface area contributed by atoms with Gasteiger partial charge in [-0.2, -0.15) is 0 Å². The van der Waals surface area contributed by atoms with E-state index < -0.39 is 0 Å². The Labute approximate surface area is 96.3 Å². The monoisotopic (exact) mass is 206 g/mol. The predicted molar refractivity (Wildman–Crippen MR) is 68.5 cm³/mol. The first-order valence-electron chi connectivity index (χ1n) is 5.69. The van der Waals surface area contributed by atoms with E-state index in [0.29, 0.717) is 5.92 Å². The van der Waals surface area contributed by atoms with Gasteiger partial charge >= 0.3 is 0 Å². The van der Waals surface area contributed by atoms with Gasteiger partial charge in [0, 0.05) is 5.92 Å². The number of allylic oxidation sites excluding steroid dienone is 1. The zero-order valence-corrected chi connectivity index (χ0v) is 9.35. The Balaban J connectivity index is 2.12. The summed E-state index contributed by atoms with van der Waals surface area (Å²) in [6.07, 6.45) is 4.53. The first kappa shape index (κ1) is 9.41. The third-order valence-corrected chi connectivity index (χ3v) is 3.32. The Morgan fingerprint density at radius 2 is 1.50 bits per heavy atom. The molecule has 1 aliphatic carbocycles. The van der Waals surface area contributed by atoms with Crippen molar-refractivity contribution in [3.05, 3.63) is 76.9 Å². The fraction of sp³-hybridized carbons (Fsp3) is 0.125. The molecule has 0 saturated carbocycles. The number of benzene rings is 2. The molecule has 1 atom stereocenters. The molecule has 16 heavy (non-hydrogen) atoms. The molecule has 0 N–H and O–H groups in total. The van der Waals surface area contributed by atoms with Gasteiger partial charge in [0.2, 0.25) is 0 Å². The van der Waals surface area contributed by atoms with E-state index in [1.807, 2.05) is 0 Å². The van der Waals surface area contributed by atoms with Crippen molar-refractivity contribution >= 4 is 6.08 Å². The zero-order valence-electron chi connectivity index (χ0n) is 9.35. The highest BCUT2D eigenvalue weighted by molar-refractivity contribution is 5.65. The third-order valence-electron chi connectivity index (χ3n) is 3.32. The summed E-state index contributed by atoms with van der Waals surface area (Å²) in [7, 11) is 0. The molecule has 78 valence electrons. The number of rotatable bonds is 1. The highest BCUT2D eigenvalue weighted by atomic mass is 14.2. The zero-order chi connectivity index (χ0) is 11.0. The number of aryl methyl sites for hydroxylation is 1. The van der Waals surface area contributed by atoms with Gasteiger partial charge in [-0.05, 0) is 29.2 Å². The van der Waals surface area contributed by atoms with E-state index >= 15 is 0 Å². The van der Waals surface area contributed by atoms with Crippen LogP contribution in [-0.4, -0.2) is 0 Å². The fourth-order valence-corrected chi connectivity index (χ4v) is 2.46. The molecule has 0 amide bonds. The molecular weight excluding hydrogens is 192 g/mol. The van der Waals surface area contributed by atoms with Crippen molar-refractivity contribution in [2.45, 2.75) is 12.8 Å². The van der Waals surface area contributed by atoms with Crippen molar-refractivity contribution in [1.82, 2.24) is 0 Å². The number of hydrogen-bond acceptors (Lipinski definition) is 0. The molecule has 0 bridgehead atoms. The largest absolute Gasteiger partial charge is 0.0720 e. The summed E-state index contributed by atoms with van der Waals surface area (Å²) in [6.45, 7) is 2.18. The molecule has 0 nitrogen and oxygen atoms in total. The maximum atomic E-state index is 2.30. The predicted octanol–water partition coefficient (Wildman–Crippen LogP) is 4.15. The summed E-state index contributed by atoms with van der Waals surface area (Å²) in [6, 6.07) is 17.3. The molecule has 1 aliphatic rings. The minimum atomic E-state index is 0.442. The van der Waals surface area contributed by atoms with Gasteiger partial charge in [-0.1, -0.05) is 60.7 Å². The minimum Gasteiger partial charge on any atom is -0.0720 e. The van der Waals surface area contributed by atoms with Gasteiger partial charge in [0.1, 0.15) is 0 Å². The smallest absolute Gasteiger partial charge is 0.0281 e. The molecule has 1 unspecified atom stereocenters. The fourth-order valence-electron chi connectivity index (χ4n) is 2.46. The molecular formula is C16H14. The van der Waals surface area contributed by atoms with Crippen molar-refractivity contribution in [3.8, 4) is 0 Å². The standard InChI is InChI=1S/C16H14/c1-12-6-2-4-8-14(12)16-11-10-13-7-3-5-9-15(13)16/h2-11,16H,1H3. The van der Waals surface area contributed by atoms with Gasteiger partial charge in [0.15, 0.2) is 0 Å². The van der Waals surface area contributed by atoms with Gasteiger partial charge < -0.3 is 0 Å². The van der Waals surface area contributed by atoms with E-state index in [1.54, 1.807) is 0 Å². The lowest BCUT2D eigenvalue weighted by Gasteiger charge is -2.13. The summed E-state index contributed by atoms with van der Waals surface area (Å²) in [5.41, 5.74) is 5.57. The molecule has 0 saturated heterocycles. The highest BCUT2D eigenvalue weighted by Gasteiger charge is 2.19. The molecule has 0 heterocycles. The number of fused-ring (bicyclic) bond motifs is 1. The van der Waals surface area contributed by atoms with E-state index in [2.05, 4.69) is 67.6 Å². The molecule has 0 radical (unpaired) electrons. The van der Waals surface area contributed by atoms with Crippen LogP contribution in [0.2, 0.25) is 0 Å². The van der Waals surface area contributed by atoms with Gasteiger partial charge in [0.05, 0.1) is 0 Å². The maximum Gasteiger partial charge on any atom is 0.0281 e. The number of hydrogen-bond donors (Lipinski definition) is 0. The lowest BCUT2D eigenvalue weighted by atomic mass is 9.90. The van der Waals surface area contributed by atoms with E-state index in [0.717, 1.165) is 0 Å². The lowest BCUT2D eigenvalue weighted by Crippen LogP contribution is -1.97. The van der Waals surface area contributed by atoms with E-state index in [1.165, 1.54) is 22.3 Å². The molecule has 0 spiro atoms. The van der Waals surface area contributed by atoms with Gasteiger partial charge in [-0.15, -0.1) is 0 Å². The van der Waals surface area contributed by atoms with Crippen LogP contribution in [0.1, 0.15) is 28.2 Å². The Morgan fingerprint density at radius 3 is 2.31 bits per heavy atom. The summed E-state index contributed by atoms with van der Waals surface area (Å²) < 4.78 is 0. The topological polar surface area (TPSA) is 0 Å². The van der Waals surface area contributed by atoms with Crippen LogP contribution in [0.15, 0.2) is 54.6 Å². The second kappa shape index (κ2) is 3.64. The minimum absolute atomic E-state index is 0.442. The normalized spacial score (nSPS) is 17.4. The van der Waals surface area contributed by atoms with Crippen LogP contribution in [0.4, 0.5) is 0 Å². The van der Waals surface area contributed by atoms with E-state index in [9.17, 15) is 0 Å². The van der Waals surface area contributed by atoms with Gasteiger partial charge in [-0.25, -0.2) is 0 Å². The molecule has 0 fully saturated rings.